The summed E-state index contributed by atoms with van der Waals surface area (Å²) in [7, 11) is 0. The fourth-order valence-electron chi connectivity index (χ4n) is 1.96. The van der Waals surface area contributed by atoms with Crippen molar-refractivity contribution in [3.8, 4) is 0 Å². The molecule has 0 aromatic heterocycles. The van der Waals surface area contributed by atoms with Crippen molar-refractivity contribution in [1.82, 2.24) is 0 Å². The first-order chi connectivity index (χ1) is 6.58. The minimum atomic E-state index is -0.130. The summed E-state index contributed by atoms with van der Waals surface area (Å²) in [6.07, 6.45) is 0.995. The van der Waals surface area contributed by atoms with Gasteiger partial charge in [0.05, 0.1) is 0 Å². The molecule has 1 saturated carbocycles. The second-order valence-corrected chi connectivity index (χ2v) is 5.32. The van der Waals surface area contributed by atoms with E-state index in [1.165, 1.54) is 6.07 Å². The minimum absolute atomic E-state index is 0.0352. The van der Waals surface area contributed by atoms with Crippen LogP contribution < -0.4 is 0 Å². The molecule has 2 rings (SSSR count). The van der Waals surface area contributed by atoms with Gasteiger partial charge in [-0.3, -0.25) is 0 Å². The van der Waals surface area contributed by atoms with Crippen LogP contribution in [0.2, 0.25) is 0 Å². The number of benzene rings is 1. The van der Waals surface area contributed by atoms with E-state index in [0.29, 0.717) is 11.8 Å². The molecular weight excluding hydrogens is 266 g/mol. The molecule has 0 heterocycles. The fraction of sp³-hybridized carbons (Fsp3) is 0.455. The van der Waals surface area contributed by atoms with Gasteiger partial charge < -0.3 is 0 Å². The maximum absolute atomic E-state index is 13.6. The van der Waals surface area contributed by atoms with Crippen LogP contribution in [0.5, 0.6) is 0 Å². The smallest absolute Gasteiger partial charge is 0.128 e. The van der Waals surface area contributed by atoms with Crippen molar-refractivity contribution >= 4 is 27.5 Å². The van der Waals surface area contributed by atoms with E-state index in [1.54, 1.807) is 0 Å². The second-order valence-electron chi connectivity index (χ2n) is 4.10. The van der Waals surface area contributed by atoms with E-state index in [4.69, 9.17) is 11.6 Å². The largest absolute Gasteiger partial charge is 0.207 e. The van der Waals surface area contributed by atoms with E-state index in [9.17, 15) is 4.39 Å². The lowest BCUT2D eigenvalue weighted by molar-refractivity contribution is 0.572. The van der Waals surface area contributed by atoms with Gasteiger partial charge in [0.25, 0.3) is 0 Å². The van der Waals surface area contributed by atoms with Crippen LogP contribution in [0.3, 0.4) is 0 Å². The van der Waals surface area contributed by atoms with Gasteiger partial charge in [-0.05, 0) is 35.4 Å². The molecule has 3 heteroatoms. The zero-order chi connectivity index (χ0) is 10.3. The predicted octanol–water partition coefficient (Wildman–Crippen LogP) is 4.10. The van der Waals surface area contributed by atoms with Crippen molar-refractivity contribution in [2.24, 2.45) is 5.92 Å². The molecule has 0 radical (unpaired) electrons. The zero-order valence-corrected chi connectivity index (χ0v) is 10.2. The van der Waals surface area contributed by atoms with Gasteiger partial charge in [-0.15, -0.1) is 11.6 Å². The molecule has 0 N–H and O–H groups in total. The summed E-state index contributed by atoms with van der Waals surface area (Å²) in [6, 6.07) is 5.25. The third kappa shape index (κ3) is 1.59. The average Bonchev–Trinajstić information content (AvgIpc) is 2.77. The monoisotopic (exact) mass is 276 g/mol. The molecule has 0 amide bonds. The van der Waals surface area contributed by atoms with Gasteiger partial charge in [0, 0.05) is 10.4 Å². The molecular formula is C11H11BrClF. The van der Waals surface area contributed by atoms with Crippen molar-refractivity contribution < 1.29 is 4.39 Å². The molecule has 0 bridgehead atoms. The number of rotatable bonds is 2. The van der Waals surface area contributed by atoms with E-state index in [2.05, 4.69) is 22.9 Å². The maximum atomic E-state index is 13.6. The first-order valence-corrected chi connectivity index (χ1v) is 5.92. The molecule has 0 spiro atoms. The topological polar surface area (TPSA) is 0 Å². The Kier molecular flexibility index (Phi) is 2.61. The second kappa shape index (κ2) is 3.49. The highest BCUT2D eigenvalue weighted by Gasteiger charge is 2.51. The number of hydrogen-bond donors (Lipinski definition) is 0. The normalized spacial score (nSPS) is 30.4. The van der Waals surface area contributed by atoms with Gasteiger partial charge in [0.1, 0.15) is 5.82 Å². The van der Waals surface area contributed by atoms with Crippen LogP contribution in [0.25, 0.3) is 0 Å². The molecule has 1 aromatic rings. The Hall–Kier alpha value is -0.0800. The fourth-order valence-corrected chi connectivity index (χ4v) is 2.74. The third-order valence-electron chi connectivity index (χ3n) is 3.14. The first kappa shape index (κ1) is 10.4. The van der Waals surface area contributed by atoms with Crippen LogP contribution in [0.15, 0.2) is 22.7 Å². The van der Waals surface area contributed by atoms with Crippen LogP contribution in [-0.4, -0.2) is 5.88 Å². The molecule has 0 saturated heterocycles. The molecule has 1 aliphatic rings. The van der Waals surface area contributed by atoms with Crippen LogP contribution in [0.4, 0.5) is 4.39 Å². The van der Waals surface area contributed by atoms with Crippen LogP contribution >= 0.6 is 27.5 Å². The summed E-state index contributed by atoms with van der Waals surface area (Å²) in [5, 5.41) is 0. The van der Waals surface area contributed by atoms with E-state index in [-0.39, 0.29) is 11.2 Å². The Morgan fingerprint density at radius 1 is 1.64 bits per heavy atom. The van der Waals surface area contributed by atoms with Crippen molar-refractivity contribution in [2.45, 2.75) is 18.8 Å². The van der Waals surface area contributed by atoms with Gasteiger partial charge in [0.2, 0.25) is 0 Å². The van der Waals surface area contributed by atoms with E-state index < -0.39 is 0 Å². The highest BCUT2D eigenvalue weighted by atomic mass is 79.9. The molecule has 14 heavy (non-hydrogen) atoms. The van der Waals surface area contributed by atoms with Crippen molar-refractivity contribution in [3.63, 3.8) is 0 Å². The highest BCUT2D eigenvalue weighted by Crippen LogP contribution is 2.55. The summed E-state index contributed by atoms with van der Waals surface area (Å²) in [5.74, 6) is 0.917. The summed E-state index contributed by atoms with van der Waals surface area (Å²) < 4.78 is 14.4. The average molecular weight is 278 g/mol. The lowest BCUT2D eigenvalue weighted by atomic mass is 9.95. The lowest BCUT2D eigenvalue weighted by Gasteiger charge is -2.12. The lowest BCUT2D eigenvalue weighted by Crippen LogP contribution is -2.07. The van der Waals surface area contributed by atoms with E-state index in [1.807, 2.05) is 12.1 Å². The highest BCUT2D eigenvalue weighted by molar-refractivity contribution is 9.10. The Balaban J connectivity index is 2.34. The van der Waals surface area contributed by atoms with Gasteiger partial charge in [-0.1, -0.05) is 28.9 Å². The summed E-state index contributed by atoms with van der Waals surface area (Å²) in [5.41, 5.74) is 0.762. The Labute approximate surface area is 96.6 Å². The molecule has 2 atom stereocenters. The van der Waals surface area contributed by atoms with E-state index in [0.717, 1.165) is 16.5 Å². The molecule has 2 unspecified atom stereocenters. The quantitative estimate of drug-likeness (QED) is 0.714. The Morgan fingerprint density at radius 3 is 2.86 bits per heavy atom. The zero-order valence-electron chi connectivity index (χ0n) is 7.86. The standard InChI is InChI=1S/C11H11BrClF/c1-11(5-7(11)6-13)9-3-2-8(12)4-10(9)14/h2-4,7H,5-6H2,1H3. The predicted molar refractivity (Wildman–Crippen MR) is 60.3 cm³/mol. The van der Waals surface area contributed by atoms with Crippen molar-refractivity contribution in [2.75, 3.05) is 5.88 Å². The number of halogens is 3. The van der Waals surface area contributed by atoms with Crippen LogP contribution in [0.1, 0.15) is 18.9 Å². The van der Waals surface area contributed by atoms with Crippen molar-refractivity contribution in [3.05, 3.63) is 34.1 Å². The molecule has 0 nitrogen and oxygen atoms in total. The summed E-state index contributed by atoms with van der Waals surface area (Å²) in [4.78, 5) is 0. The maximum Gasteiger partial charge on any atom is 0.128 e. The number of alkyl halides is 1. The molecule has 1 aromatic carbocycles. The first-order valence-electron chi connectivity index (χ1n) is 4.59. The SMILES string of the molecule is CC1(c2ccc(Br)cc2F)CC1CCl. The van der Waals surface area contributed by atoms with Gasteiger partial charge >= 0.3 is 0 Å². The Morgan fingerprint density at radius 2 is 2.36 bits per heavy atom. The van der Waals surface area contributed by atoms with Crippen LogP contribution in [0, 0.1) is 11.7 Å². The molecule has 1 aliphatic carbocycles. The van der Waals surface area contributed by atoms with E-state index >= 15 is 0 Å². The Bertz CT molecular complexity index is 366. The van der Waals surface area contributed by atoms with Gasteiger partial charge in [-0.2, -0.15) is 0 Å². The molecule has 0 aliphatic heterocycles. The van der Waals surface area contributed by atoms with Gasteiger partial charge in [0.15, 0.2) is 0 Å². The van der Waals surface area contributed by atoms with Crippen LogP contribution in [-0.2, 0) is 5.41 Å². The van der Waals surface area contributed by atoms with Gasteiger partial charge in [-0.25, -0.2) is 4.39 Å². The third-order valence-corrected chi connectivity index (χ3v) is 4.01. The molecule has 1 fully saturated rings. The van der Waals surface area contributed by atoms with Crippen molar-refractivity contribution in [1.29, 1.82) is 0 Å². The molecule has 76 valence electrons. The number of hydrogen-bond acceptors (Lipinski definition) is 0. The summed E-state index contributed by atoms with van der Waals surface area (Å²) in [6.45, 7) is 2.08. The minimum Gasteiger partial charge on any atom is -0.207 e. The summed E-state index contributed by atoms with van der Waals surface area (Å²) >= 11 is 9.03.